The third kappa shape index (κ3) is 2.12. The van der Waals surface area contributed by atoms with Gasteiger partial charge in [0.05, 0.1) is 5.02 Å². The van der Waals surface area contributed by atoms with Crippen LogP contribution in [0.2, 0.25) is 5.02 Å². The third-order valence-electron chi connectivity index (χ3n) is 1.42. The molecule has 0 saturated heterocycles. The van der Waals surface area contributed by atoms with Crippen LogP contribution in [0.25, 0.3) is 6.08 Å². The predicted molar refractivity (Wildman–Crippen MR) is 46.5 cm³/mol. The van der Waals surface area contributed by atoms with E-state index in [1.54, 1.807) is 0 Å². The summed E-state index contributed by atoms with van der Waals surface area (Å²) in [6.45, 7) is 0. The Morgan fingerprint density at radius 2 is 2.00 bits per heavy atom. The monoisotopic (exact) mass is 202 g/mol. The Hall–Kier alpha value is -1.22. The second kappa shape index (κ2) is 4.14. The van der Waals surface area contributed by atoms with E-state index >= 15 is 0 Å². The van der Waals surface area contributed by atoms with Crippen molar-refractivity contribution in [3.05, 3.63) is 40.4 Å². The Morgan fingerprint density at radius 1 is 1.31 bits per heavy atom. The Kier molecular flexibility index (Phi) is 3.14. The highest BCUT2D eigenvalue weighted by Crippen LogP contribution is 2.21. The van der Waals surface area contributed by atoms with Crippen LogP contribution in [0.1, 0.15) is 5.56 Å². The summed E-state index contributed by atoms with van der Waals surface area (Å²) in [7, 11) is 0. The van der Waals surface area contributed by atoms with Crippen molar-refractivity contribution in [2.75, 3.05) is 0 Å². The molecule has 0 aliphatic heterocycles. The van der Waals surface area contributed by atoms with E-state index in [0.29, 0.717) is 6.29 Å². The largest absolute Gasteiger partial charge is 0.299 e. The first-order valence-corrected chi connectivity index (χ1v) is 3.80. The van der Waals surface area contributed by atoms with Crippen LogP contribution in [-0.2, 0) is 4.79 Å². The number of rotatable bonds is 2. The van der Waals surface area contributed by atoms with Crippen molar-refractivity contribution in [1.29, 1.82) is 0 Å². The molecule has 0 aliphatic rings. The van der Waals surface area contributed by atoms with Gasteiger partial charge < -0.3 is 0 Å². The molecule has 0 unspecified atom stereocenters. The summed E-state index contributed by atoms with van der Waals surface area (Å²) >= 11 is 5.40. The van der Waals surface area contributed by atoms with E-state index in [4.69, 9.17) is 11.6 Å². The first-order chi connectivity index (χ1) is 6.16. The number of allylic oxidation sites excluding steroid dienone is 1. The van der Waals surface area contributed by atoms with E-state index < -0.39 is 11.6 Å². The average Bonchev–Trinajstić information content (AvgIpc) is 2.12. The van der Waals surface area contributed by atoms with E-state index in [2.05, 4.69) is 0 Å². The van der Waals surface area contributed by atoms with E-state index in [-0.39, 0.29) is 10.6 Å². The third-order valence-corrected chi connectivity index (χ3v) is 1.71. The highest BCUT2D eigenvalue weighted by Gasteiger charge is 2.08. The van der Waals surface area contributed by atoms with Gasteiger partial charge in [-0.25, -0.2) is 8.78 Å². The quantitative estimate of drug-likeness (QED) is 0.410. The number of hydrogen-bond acceptors (Lipinski definition) is 1. The smallest absolute Gasteiger partial charge is 0.151 e. The molecule has 4 heteroatoms. The molecule has 0 spiro atoms. The highest BCUT2D eigenvalue weighted by molar-refractivity contribution is 6.30. The summed E-state index contributed by atoms with van der Waals surface area (Å²) in [6.07, 6.45) is 2.46. The average molecular weight is 203 g/mol. The fourth-order valence-electron chi connectivity index (χ4n) is 0.831. The first-order valence-electron chi connectivity index (χ1n) is 3.42. The topological polar surface area (TPSA) is 17.1 Å². The van der Waals surface area contributed by atoms with Crippen molar-refractivity contribution in [2.45, 2.75) is 0 Å². The number of carbonyl (C=O) groups is 1. The molecule has 0 N–H and O–H groups in total. The number of aldehydes is 1. The second-order valence-electron chi connectivity index (χ2n) is 2.25. The van der Waals surface area contributed by atoms with Crippen LogP contribution in [-0.4, -0.2) is 6.29 Å². The fourth-order valence-corrected chi connectivity index (χ4v) is 0.996. The zero-order valence-electron chi connectivity index (χ0n) is 6.43. The van der Waals surface area contributed by atoms with Crippen LogP contribution in [0.4, 0.5) is 8.78 Å². The van der Waals surface area contributed by atoms with Gasteiger partial charge in [0.15, 0.2) is 5.82 Å². The molecule has 0 radical (unpaired) electrons. The molecule has 0 fully saturated rings. The fraction of sp³-hybridized carbons (Fsp3) is 0. The maximum atomic E-state index is 13.0. The van der Waals surface area contributed by atoms with Gasteiger partial charge in [-0.2, -0.15) is 0 Å². The molecule has 0 amide bonds. The standard InChI is InChI=1S/C9H5ClF2O/c10-7-3-4-8(11)6(9(7)12)2-1-5-13/h1-5H. The van der Waals surface area contributed by atoms with E-state index in [1.165, 1.54) is 0 Å². The van der Waals surface area contributed by atoms with Gasteiger partial charge in [0.1, 0.15) is 12.1 Å². The van der Waals surface area contributed by atoms with Crippen LogP contribution in [0.3, 0.4) is 0 Å². The molecule has 0 heterocycles. The zero-order valence-corrected chi connectivity index (χ0v) is 7.18. The zero-order chi connectivity index (χ0) is 9.84. The van der Waals surface area contributed by atoms with E-state index in [1.807, 2.05) is 0 Å². The van der Waals surface area contributed by atoms with Crippen LogP contribution in [0.15, 0.2) is 18.2 Å². The van der Waals surface area contributed by atoms with Crippen LogP contribution in [0.5, 0.6) is 0 Å². The van der Waals surface area contributed by atoms with Gasteiger partial charge in [-0.1, -0.05) is 11.6 Å². The van der Waals surface area contributed by atoms with Gasteiger partial charge in [-0.3, -0.25) is 4.79 Å². The molecule has 1 rings (SSSR count). The Morgan fingerprint density at radius 3 is 2.62 bits per heavy atom. The minimum absolute atomic E-state index is 0.174. The van der Waals surface area contributed by atoms with Gasteiger partial charge in [-0.15, -0.1) is 0 Å². The van der Waals surface area contributed by atoms with Crippen LogP contribution < -0.4 is 0 Å². The molecule has 0 saturated carbocycles. The van der Waals surface area contributed by atoms with Crippen LogP contribution >= 0.6 is 11.6 Å². The SMILES string of the molecule is O=CC=Cc1c(F)ccc(Cl)c1F. The summed E-state index contributed by atoms with van der Waals surface area (Å²) < 4.78 is 25.9. The molecule has 0 aromatic heterocycles. The number of hydrogen-bond donors (Lipinski definition) is 0. The lowest BCUT2D eigenvalue weighted by molar-refractivity contribution is -0.104. The Labute approximate surface area is 78.6 Å². The maximum Gasteiger partial charge on any atom is 0.151 e. The number of halogens is 3. The lowest BCUT2D eigenvalue weighted by Gasteiger charge is -1.99. The molecule has 1 nitrogen and oxygen atoms in total. The summed E-state index contributed by atoms with van der Waals surface area (Å²) in [6, 6.07) is 2.15. The molecule has 1 aromatic carbocycles. The van der Waals surface area contributed by atoms with Gasteiger partial charge in [-0.05, 0) is 24.3 Å². The molecule has 0 bridgehead atoms. The highest BCUT2D eigenvalue weighted by atomic mass is 35.5. The van der Waals surface area contributed by atoms with Crippen molar-refractivity contribution in [3.8, 4) is 0 Å². The normalized spacial score (nSPS) is 10.7. The molecule has 13 heavy (non-hydrogen) atoms. The van der Waals surface area contributed by atoms with Gasteiger partial charge in [0.2, 0.25) is 0 Å². The number of carbonyl (C=O) groups excluding carboxylic acids is 1. The minimum Gasteiger partial charge on any atom is -0.299 e. The van der Waals surface area contributed by atoms with Gasteiger partial charge in [0, 0.05) is 5.56 Å². The van der Waals surface area contributed by atoms with Gasteiger partial charge in [0.25, 0.3) is 0 Å². The summed E-state index contributed by atoms with van der Waals surface area (Å²) in [5.41, 5.74) is -0.306. The molecular formula is C9H5ClF2O. The van der Waals surface area contributed by atoms with Gasteiger partial charge >= 0.3 is 0 Å². The van der Waals surface area contributed by atoms with Crippen molar-refractivity contribution in [1.82, 2.24) is 0 Å². The van der Waals surface area contributed by atoms with Crippen LogP contribution in [0, 0.1) is 11.6 Å². The molecular weight excluding hydrogens is 198 g/mol. The second-order valence-corrected chi connectivity index (χ2v) is 2.66. The molecule has 0 atom stereocenters. The van der Waals surface area contributed by atoms with Crippen molar-refractivity contribution >= 4 is 24.0 Å². The minimum atomic E-state index is -0.861. The van der Waals surface area contributed by atoms with Crippen molar-refractivity contribution in [3.63, 3.8) is 0 Å². The molecule has 1 aromatic rings. The summed E-state index contributed by atoms with van der Waals surface area (Å²) in [4.78, 5) is 9.92. The first kappa shape index (κ1) is 9.86. The lowest BCUT2D eigenvalue weighted by atomic mass is 10.2. The number of benzene rings is 1. The molecule has 68 valence electrons. The van der Waals surface area contributed by atoms with Crippen molar-refractivity contribution < 1.29 is 13.6 Å². The Balaban J connectivity index is 3.25. The Bertz CT molecular complexity index is 361. The van der Waals surface area contributed by atoms with Crippen molar-refractivity contribution in [2.24, 2.45) is 0 Å². The lowest BCUT2D eigenvalue weighted by Crippen LogP contribution is -1.89. The summed E-state index contributed by atoms with van der Waals surface area (Å²) in [5.74, 6) is -1.61. The van der Waals surface area contributed by atoms with E-state index in [0.717, 1.165) is 24.3 Å². The van der Waals surface area contributed by atoms with E-state index in [9.17, 15) is 13.6 Å². The molecule has 0 aliphatic carbocycles. The summed E-state index contributed by atoms with van der Waals surface area (Å²) in [5, 5.41) is -0.174. The maximum absolute atomic E-state index is 13.0. The predicted octanol–water partition coefficient (Wildman–Crippen LogP) is 2.83.